The minimum atomic E-state index is 0. The molecule has 0 fully saturated rings. The van der Waals surface area contributed by atoms with E-state index in [1.165, 1.54) is 0 Å². The van der Waals surface area contributed by atoms with E-state index < -0.39 is 0 Å². The predicted molar refractivity (Wildman–Crippen MR) is 37.4 cm³/mol. The summed E-state index contributed by atoms with van der Waals surface area (Å²) in [6.45, 7) is 5.92. The maximum absolute atomic E-state index is 2.42. The topological polar surface area (TPSA) is 0 Å². The highest BCUT2D eigenvalue weighted by molar-refractivity contribution is 7.59. The first-order chi connectivity index (χ1) is 2.00. The lowest BCUT2D eigenvalue weighted by Gasteiger charge is -1.10. The molecule has 1 unspecified atom stereocenters. The van der Waals surface area contributed by atoms with Crippen molar-refractivity contribution in [2.75, 3.05) is 6.66 Å². The van der Waals surface area contributed by atoms with Gasteiger partial charge >= 0.3 is 0 Å². The average molecular weight is 112 g/mol. The van der Waals surface area contributed by atoms with Crippen LogP contribution in [-0.2, 0) is 0 Å². The Hall–Kier alpha value is 0.780. The molecule has 0 spiro atoms. The van der Waals surface area contributed by atoms with Crippen molar-refractivity contribution >= 4 is 22.7 Å². The summed E-state index contributed by atoms with van der Waals surface area (Å²) in [7, 11) is 2.42. The lowest BCUT2D eigenvalue weighted by molar-refractivity contribution is 1.50. The molecule has 1 atom stereocenters. The van der Waals surface area contributed by atoms with Crippen LogP contribution in [0.1, 0.15) is 13.8 Å². The highest BCUT2D eigenvalue weighted by Crippen LogP contribution is 1.46. The van der Waals surface area contributed by atoms with E-state index in [1.807, 2.05) is 20.5 Å². The summed E-state index contributed by atoms with van der Waals surface area (Å²) < 4.78 is 0. The molecule has 0 rings (SSSR count). The first-order valence-corrected chi connectivity index (χ1v) is 2.73. The molecule has 0 bridgehead atoms. The molecule has 0 aliphatic heterocycles. The SMILES string of the molecule is CC.CP.S. The van der Waals surface area contributed by atoms with Crippen LogP contribution >= 0.6 is 22.7 Å². The Balaban J connectivity index is -0.0000000133. The predicted octanol–water partition coefficient (Wildman–Crippen LogP) is 1.63. The van der Waals surface area contributed by atoms with Gasteiger partial charge in [-0.1, -0.05) is 20.5 Å². The molecule has 5 heavy (non-hydrogen) atoms. The van der Waals surface area contributed by atoms with Gasteiger partial charge in [0.1, 0.15) is 0 Å². The minimum Gasteiger partial charge on any atom is -0.197 e. The fraction of sp³-hybridized carbons (Fsp3) is 1.00. The Morgan fingerprint density at radius 1 is 1.00 bits per heavy atom. The van der Waals surface area contributed by atoms with Gasteiger partial charge in [-0.25, -0.2) is 0 Å². The first kappa shape index (κ1) is 17.1. The van der Waals surface area contributed by atoms with Crippen molar-refractivity contribution in [1.82, 2.24) is 0 Å². The standard InChI is InChI=1S/C2H6.CH5P.H2S/c2*1-2;/h1-2H3;2H2,1H3;1H2. The van der Waals surface area contributed by atoms with Gasteiger partial charge in [0.05, 0.1) is 0 Å². The molecule has 0 amide bonds. The molecule has 2 heteroatoms. The van der Waals surface area contributed by atoms with E-state index in [1.54, 1.807) is 0 Å². The zero-order chi connectivity index (χ0) is 4.00. The van der Waals surface area contributed by atoms with Crippen molar-refractivity contribution in [3.05, 3.63) is 0 Å². The molecule has 0 radical (unpaired) electrons. The smallest absolute Gasteiger partial charge is 0.0500 e. The van der Waals surface area contributed by atoms with Crippen LogP contribution in [0.15, 0.2) is 0 Å². The molecular weight excluding hydrogens is 99.1 g/mol. The zero-order valence-electron chi connectivity index (χ0n) is 4.08. The van der Waals surface area contributed by atoms with Gasteiger partial charge in [-0.2, -0.15) is 13.5 Å². The second-order valence-corrected chi connectivity index (χ2v) is 0. The quantitative estimate of drug-likeness (QED) is 0.418. The molecule has 0 nitrogen and oxygen atoms in total. The Labute approximate surface area is 44.0 Å². The van der Waals surface area contributed by atoms with Crippen molar-refractivity contribution in [3.8, 4) is 0 Å². The summed E-state index contributed by atoms with van der Waals surface area (Å²) in [5.74, 6) is 0. The van der Waals surface area contributed by atoms with Crippen molar-refractivity contribution in [3.63, 3.8) is 0 Å². The molecule has 0 N–H and O–H groups in total. The van der Waals surface area contributed by atoms with Crippen LogP contribution in [0.3, 0.4) is 0 Å². The third kappa shape index (κ3) is 60.7. The van der Waals surface area contributed by atoms with Crippen LogP contribution in [0.5, 0.6) is 0 Å². The summed E-state index contributed by atoms with van der Waals surface area (Å²) in [5, 5.41) is 0. The van der Waals surface area contributed by atoms with Crippen molar-refractivity contribution in [2.24, 2.45) is 0 Å². The summed E-state index contributed by atoms with van der Waals surface area (Å²) in [6.07, 6.45) is 0. The molecule has 0 aliphatic rings. The Morgan fingerprint density at radius 2 is 1.00 bits per heavy atom. The van der Waals surface area contributed by atoms with Crippen LogP contribution in [-0.4, -0.2) is 6.66 Å². The molecule has 0 aliphatic carbocycles. The summed E-state index contributed by atoms with van der Waals surface area (Å²) in [4.78, 5) is 0. The van der Waals surface area contributed by atoms with E-state index in [9.17, 15) is 0 Å². The summed E-state index contributed by atoms with van der Waals surface area (Å²) in [5.41, 5.74) is 0. The normalized spacial score (nSPS) is 2.40. The van der Waals surface area contributed by atoms with Crippen LogP contribution in [0.2, 0.25) is 0 Å². The molecule has 0 saturated heterocycles. The average Bonchev–Trinajstić information content (AvgIpc) is 1.50. The molecule has 0 aromatic rings. The molecule has 0 aromatic heterocycles. The largest absolute Gasteiger partial charge is 0.197 e. The first-order valence-electron chi connectivity index (χ1n) is 1.58. The molecule has 36 valence electrons. The van der Waals surface area contributed by atoms with Gasteiger partial charge in [0.25, 0.3) is 0 Å². The van der Waals surface area contributed by atoms with E-state index in [4.69, 9.17) is 0 Å². The van der Waals surface area contributed by atoms with Gasteiger partial charge < -0.3 is 0 Å². The van der Waals surface area contributed by atoms with Crippen LogP contribution in [0, 0.1) is 0 Å². The number of hydrogen-bond acceptors (Lipinski definition) is 0. The van der Waals surface area contributed by atoms with Crippen molar-refractivity contribution < 1.29 is 0 Å². The van der Waals surface area contributed by atoms with E-state index in [0.29, 0.717) is 0 Å². The van der Waals surface area contributed by atoms with E-state index in [0.717, 1.165) is 0 Å². The maximum Gasteiger partial charge on any atom is -0.0500 e. The molecule has 0 aromatic carbocycles. The third-order valence-corrected chi connectivity index (χ3v) is 0. The van der Waals surface area contributed by atoms with Crippen LogP contribution in [0.4, 0.5) is 0 Å². The highest BCUT2D eigenvalue weighted by atomic mass is 32.1. The van der Waals surface area contributed by atoms with E-state index in [-0.39, 0.29) is 13.5 Å². The minimum absolute atomic E-state index is 0. The van der Waals surface area contributed by atoms with Crippen LogP contribution in [0.25, 0.3) is 0 Å². The lowest BCUT2D eigenvalue weighted by Crippen LogP contribution is -0.856. The van der Waals surface area contributed by atoms with Gasteiger partial charge in [0.15, 0.2) is 0 Å². The van der Waals surface area contributed by atoms with E-state index >= 15 is 0 Å². The van der Waals surface area contributed by atoms with Gasteiger partial charge in [-0.3, -0.25) is 0 Å². The second kappa shape index (κ2) is 112. The molecular formula is C3H13PS. The molecule has 0 saturated carbocycles. The Kier molecular flexibility index (Phi) is 384. The zero-order valence-corrected chi connectivity index (χ0v) is 6.23. The van der Waals surface area contributed by atoms with Crippen molar-refractivity contribution in [1.29, 1.82) is 0 Å². The Bertz CT molecular complexity index is 6.85. The van der Waals surface area contributed by atoms with Gasteiger partial charge in [-0.05, 0) is 0 Å². The van der Waals surface area contributed by atoms with Crippen molar-refractivity contribution in [2.45, 2.75) is 13.8 Å². The fourth-order valence-corrected chi connectivity index (χ4v) is 0. The third-order valence-electron chi connectivity index (χ3n) is 0. The van der Waals surface area contributed by atoms with Gasteiger partial charge in [0.2, 0.25) is 0 Å². The van der Waals surface area contributed by atoms with Gasteiger partial charge in [0, 0.05) is 0 Å². The summed E-state index contributed by atoms with van der Waals surface area (Å²) in [6, 6.07) is 0. The summed E-state index contributed by atoms with van der Waals surface area (Å²) >= 11 is 0. The maximum atomic E-state index is 2.42. The number of hydrogen-bond donors (Lipinski definition) is 0. The Morgan fingerprint density at radius 3 is 1.00 bits per heavy atom. The van der Waals surface area contributed by atoms with Gasteiger partial charge in [-0.15, -0.1) is 9.24 Å². The van der Waals surface area contributed by atoms with Crippen LogP contribution < -0.4 is 0 Å². The molecule has 0 heterocycles. The van der Waals surface area contributed by atoms with E-state index in [2.05, 4.69) is 9.24 Å². The fourth-order valence-electron chi connectivity index (χ4n) is 0. The second-order valence-electron chi connectivity index (χ2n) is 0. The number of rotatable bonds is 0. The monoisotopic (exact) mass is 112 g/mol. The highest BCUT2D eigenvalue weighted by Gasteiger charge is 0.932. The lowest BCUT2D eigenvalue weighted by atomic mass is 11.0.